The van der Waals surface area contributed by atoms with Gasteiger partial charge in [0.05, 0.1) is 12.5 Å². The molecule has 0 saturated heterocycles. The Labute approximate surface area is 141 Å². The molecule has 0 aliphatic rings. The fourth-order valence-electron chi connectivity index (χ4n) is 2.24. The fourth-order valence-corrected chi connectivity index (χ4v) is 2.24. The molecule has 0 fully saturated rings. The van der Waals surface area contributed by atoms with Crippen molar-refractivity contribution in [1.82, 2.24) is 0 Å². The molecule has 3 heteroatoms. The summed E-state index contributed by atoms with van der Waals surface area (Å²) >= 11 is 0. The summed E-state index contributed by atoms with van der Waals surface area (Å²) in [5, 5.41) is 18.0. The molecule has 0 spiro atoms. The molecule has 0 aliphatic carbocycles. The molecule has 0 saturated carbocycles. The minimum absolute atomic E-state index is 0.134. The molecule has 0 aliphatic heterocycles. The summed E-state index contributed by atoms with van der Waals surface area (Å²) in [6, 6.07) is 0. The number of carboxylic acids is 1. The van der Waals surface area contributed by atoms with Crippen molar-refractivity contribution < 1.29 is 15.0 Å². The second kappa shape index (κ2) is 17.0. The van der Waals surface area contributed by atoms with Crippen LogP contribution in [0.1, 0.15) is 77.6 Å². The van der Waals surface area contributed by atoms with Gasteiger partial charge < -0.3 is 10.2 Å². The van der Waals surface area contributed by atoms with Crippen LogP contribution >= 0.6 is 0 Å². The standard InChI is InChI=1S/C20H34O3/c1-2-3-4-5-6-7-8-9-10-11-12-13-14-15-16-17-19(21)18-20(22)23/h4-5,7-8,10-11,19,21H,2-3,6,9,12-18H2,1H3,(H,22,23). The van der Waals surface area contributed by atoms with Gasteiger partial charge >= 0.3 is 5.97 Å². The van der Waals surface area contributed by atoms with Gasteiger partial charge in [0.1, 0.15) is 0 Å². The van der Waals surface area contributed by atoms with E-state index < -0.39 is 12.1 Å². The van der Waals surface area contributed by atoms with E-state index in [1.54, 1.807) is 0 Å². The zero-order valence-corrected chi connectivity index (χ0v) is 14.6. The molecule has 0 rings (SSSR count). The Hall–Kier alpha value is -1.35. The molecule has 0 heterocycles. The number of allylic oxidation sites excluding steroid dienone is 6. The van der Waals surface area contributed by atoms with Gasteiger partial charge in [-0.3, -0.25) is 4.79 Å². The average molecular weight is 322 g/mol. The van der Waals surface area contributed by atoms with Crippen molar-refractivity contribution in [2.45, 2.75) is 83.7 Å². The van der Waals surface area contributed by atoms with Crippen molar-refractivity contribution in [2.24, 2.45) is 0 Å². The van der Waals surface area contributed by atoms with Crippen LogP contribution in [0.5, 0.6) is 0 Å². The number of aliphatic hydroxyl groups excluding tert-OH is 1. The molecule has 132 valence electrons. The molecule has 3 nitrogen and oxygen atoms in total. The summed E-state index contributed by atoms with van der Waals surface area (Å²) in [6.45, 7) is 2.19. The van der Waals surface area contributed by atoms with Crippen molar-refractivity contribution in [3.05, 3.63) is 36.5 Å². The predicted molar refractivity (Wildman–Crippen MR) is 97.5 cm³/mol. The van der Waals surface area contributed by atoms with Crippen molar-refractivity contribution in [1.29, 1.82) is 0 Å². The van der Waals surface area contributed by atoms with E-state index in [1.165, 1.54) is 12.8 Å². The second-order valence-electron chi connectivity index (χ2n) is 5.92. The van der Waals surface area contributed by atoms with E-state index in [4.69, 9.17) is 5.11 Å². The molecule has 23 heavy (non-hydrogen) atoms. The normalized spacial score (nSPS) is 13.5. The zero-order chi connectivity index (χ0) is 17.2. The highest BCUT2D eigenvalue weighted by Crippen LogP contribution is 2.09. The number of unbranched alkanes of at least 4 members (excludes halogenated alkanes) is 5. The van der Waals surface area contributed by atoms with E-state index in [2.05, 4.69) is 43.4 Å². The maximum absolute atomic E-state index is 10.4. The van der Waals surface area contributed by atoms with E-state index in [-0.39, 0.29) is 6.42 Å². The van der Waals surface area contributed by atoms with Gasteiger partial charge in [-0.2, -0.15) is 0 Å². The first-order chi connectivity index (χ1) is 11.2. The van der Waals surface area contributed by atoms with E-state index >= 15 is 0 Å². The van der Waals surface area contributed by atoms with Gasteiger partial charge in [0.2, 0.25) is 0 Å². The lowest BCUT2D eigenvalue weighted by molar-refractivity contribution is -0.139. The smallest absolute Gasteiger partial charge is 0.305 e. The molecule has 0 aromatic rings. The Morgan fingerprint density at radius 1 is 0.870 bits per heavy atom. The van der Waals surface area contributed by atoms with Gasteiger partial charge in [0, 0.05) is 0 Å². The first kappa shape index (κ1) is 21.6. The molecular formula is C20H34O3. The van der Waals surface area contributed by atoms with Gasteiger partial charge in [-0.1, -0.05) is 69.1 Å². The van der Waals surface area contributed by atoms with Crippen molar-refractivity contribution in [3.8, 4) is 0 Å². The first-order valence-electron chi connectivity index (χ1n) is 9.01. The molecule has 0 bridgehead atoms. The lowest BCUT2D eigenvalue weighted by Gasteiger charge is -2.06. The van der Waals surface area contributed by atoms with Crippen LogP contribution in [0.25, 0.3) is 0 Å². The second-order valence-corrected chi connectivity index (χ2v) is 5.92. The summed E-state index contributed by atoms with van der Waals surface area (Å²) in [4.78, 5) is 10.4. The van der Waals surface area contributed by atoms with Crippen molar-refractivity contribution >= 4 is 5.97 Å². The number of carbonyl (C=O) groups is 1. The number of aliphatic hydroxyl groups is 1. The Morgan fingerprint density at radius 2 is 1.43 bits per heavy atom. The molecule has 1 atom stereocenters. The highest BCUT2D eigenvalue weighted by molar-refractivity contribution is 5.67. The number of hydrogen-bond acceptors (Lipinski definition) is 2. The van der Waals surface area contributed by atoms with E-state index in [0.29, 0.717) is 6.42 Å². The Kier molecular flexibility index (Phi) is 16.0. The van der Waals surface area contributed by atoms with Crippen LogP contribution in [-0.2, 0) is 4.79 Å². The van der Waals surface area contributed by atoms with Crippen LogP contribution in [-0.4, -0.2) is 22.3 Å². The molecule has 0 radical (unpaired) electrons. The maximum Gasteiger partial charge on any atom is 0.305 e. The van der Waals surface area contributed by atoms with Crippen LogP contribution in [0.3, 0.4) is 0 Å². The van der Waals surface area contributed by atoms with Crippen molar-refractivity contribution in [2.75, 3.05) is 0 Å². The largest absolute Gasteiger partial charge is 0.481 e. The minimum atomic E-state index is -0.923. The third-order valence-electron chi connectivity index (χ3n) is 3.57. The third kappa shape index (κ3) is 18.6. The van der Waals surface area contributed by atoms with Gasteiger partial charge in [-0.15, -0.1) is 0 Å². The minimum Gasteiger partial charge on any atom is -0.481 e. The fraction of sp³-hybridized carbons (Fsp3) is 0.650. The highest BCUT2D eigenvalue weighted by Gasteiger charge is 2.08. The number of carboxylic acid groups (broad SMARTS) is 1. The number of rotatable bonds is 15. The predicted octanol–water partition coefficient (Wildman–Crippen LogP) is 5.41. The van der Waals surface area contributed by atoms with E-state index in [1.807, 2.05) is 0 Å². The monoisotopic (exact) mass is 322 g/mol. The summed E-state index contributed by atoms with van der Waals surface area (Å²) < 4.78 is 0. The van der Waals surface area contributed by atoms with Crippen LogP contribution in [0.2, 0.25) is 0 Å². The molecular weight excluding hydrogens is 288 g/mol. The first-order valence-corrected chi connectivity index (χ1v) is 9.01. The SMILES string of the molecule is CCCC=CCC=CCC=CCCCCCCC(O)CC(=O)O. The summed E-state index contributed by atoms with van der Waals surface area (Å²) in [5.74, 6) is -0.923. The van der Waals surface area contributed by atoms with E-state index in [9.17, 15) is 9.90 Å². The van der Waals surface area contributed by atoms with E-state index in [0.717, 1.165) is 44.9 Å². The number of hydrogen-bond donors (Lipinski definition) is 2. The lowest BCUT2D eigenvalue weighted by atomic mass is 10.1. The average Bonchev–Trinajstić information content (AvgIpc) is 2.50. The Balaban J connectivity index is 3.34. The topological polar surface area (TPSA) is 57.5 Å². The van der Waals surface area contributed by atoms with Crippen LogP contribution in [0.4, 0.5) is 0 Å². The van der Waals surface area contributed by atoms with Crippen LogP contribution in [0.15, 0.2) is 36.5 Å². The summed E-state index contributed by atoms with van der Waals surface area (Å²) in [6.07, 6.45) is 22.9. The van der Waals surface area contributed by atoms with Crippen molar-refractivity contribution in [3.63, 3.8) is 0 Å². The number of aliphatic carboxylic acids is 1. The quantitative estimate of drug-likeness (QED) is 0.313. The molecule has 2 N–H and O–H groups in total. The summed E-state index contributed by atoms with van der Waals surface area (Å²) in [7, 11) is 0. The van der Waals surface area contributed by atoms with Gasteiger partial charge in [-0.25, -0.2) is 0 Å². The lowest BCUT2D eigenvalue weighted by Crippen LogP contribution is -2.12. The maximum atomic E-state index is 10.4. The Bertz CT molecular complexity index is 356. The molecule has 0 amide bonds. The van der Waals surface area contributed by atoms with Gasteiger partial charge in [0.15, 0.2) is 0 Å². The third-order valence-corrected chi connectivity index (χ3v) is 3.57. The molecule has 0 aromatic carbocycles. The van der Waals surface area contributed by atoms with Crippen LogP contribution < -0.4 is 0 Å². The zero-order valence-electron chi connectivity index (χ0n) is 14.6. The Morgan fingerprint density at radius 3 is 2.04 bits per heavy atom. The van der Waals surface area contributed by atoms with Crippen LogP contribution in [0, 0.1) is 0 Å². The molecule has 1 unspecified atom stereocenters. The van der Waals surface area contributed by atoms with Gasteiger partial charge in [0.25, 0.3) is 0 Å². The molecule has 0 aromatic heterocycles. The summed E-state index contributed by atoms with van der Waals surface area (Å²) in [5.41, 5.74) is 0. The highest BCUT2D eigenvalue weighted by atomic mass is 16.4. The van der Waals surface area contributed by atoms with Gasteiger partial charge in [-0.05, 0) is 38.5 Å².